The van der Waals surface area contributed by atoms with E-state index in [1.54, 1.807) is 0 Å². The predicted octanol–water partition coefficient (Wildman–Crippen LogP) is 2.84. The van der Waals surface area contributed by atoms with E-state index in [-0.39, 0.29) is 11.5 Å². The zero-order chi connectivity index (χ0) is 20.1. The highest BCUT2D eigenvalue weighted by molar-refractivity contribution is 9.10. The number of hydrogen-bond acceptors (Lipinski definition) is 8. The fourth-order valence-electron chi connectivity index (χ4n) is 2.50. The van der Waals surface area contributed by atoms with Crippen LogP contribution in [0.4, 0.5) is 4.39 Å². The van der Waals surface area contributed by atoms with Gasteiger partial charge < -0.3 is 18.9 Å². The van der Waals surface area contributed by atoms with Gasteiger partial charge in [-0.15, -0.1) is 11.8 Å². The molecule has 10 heteroatoms. The SMILES string of the molecule is CC(=O)O[C@@H]1[C@@H](OC(C)=O)[C@@H](Oc2cc(Br)ccc2F)SC[C@H]1OC(C)=O. The Labute approximate surface area is 168 Å². The van der Waals surface area contributed by atoms with Gasteiger partial charge in [-0.1, -0.05) is 15.9 Å². The van der Waals surface area contributed by atoms with Crippen LogP contribution < -0.4 is 4.74 Å². The first kappa shape index (κ1) is 21.5. The molecule has 4 atom stereocenters. The third kappa shape index (κ3) is 6.10. The monoisotopic (exact) mass is 464 g/mol. The van der Waals surface area contributed by atoms with Crippen LogP contribution in [0, 0.1) is 5.82 Å². The van der Waals surface area contributed by atoms with Gasteiger partial charge in [0.05, 0.1) is 0 Å². The fourth-order valence-corrected chi connectivity index (χ4v) is 4.05. The lowest BCUT2D eigenvalue weighted by Gasteiger charge is -2.39. The number of rotatable bonds is 5. The molecule has 148 valence electrons. The molecule has 0 amide bonds. The highest BCUT2D eigenvalue weighted by Gasteiger charge is 2.47. The van der Waals surface area contributed by atoms with Gasteiger partial charge in [-0.3, -0.25) is 14.4 Å². The average Bonchev–Trinajstić information content (AvgIpc) is 2.55. The van der Waals surface area contributed by atoms with E-state index in [2.05, 4.69) is 15.9 Å². The molecule has 0 radical (unpaired) electrons. The lowest BCUT2D eigenvalue weighted by atomic mass is 10.1. The maximum absolute atomic E-state index is 14.1. The highest BCUT2D eigenvalue weighted by atomic mass is 79.9. The first-order chi connectivity index (χ1) is 12.7. The van der Waals surface area contributed by atoms with E-state index < -0.39 is 47.5 Å². The van der Waals surface area contributed by atoms with Crippen LogP contribution in [0.2, 0.25) is 0 Å². The summed E-state index contributed by atoms with van der Waals surface area (Å²) >= 11 is 4.39. The summed E-state index contributed by atoms with van der Waals surface area (Å²) in [6, 6.07) is 4.16. The Morgan fingerprint density at radius 3 is 2.22 bits per heavy atom. The smallest absolute Gasteiger partial charge is 0.303 e. The molecule has 0 saturated carbocycles. The second-order valence-corrected chi connectivity index (χ2v) is 7.74. The number of carbonyl (C=O) groups excluding carboxylic acids is 3. The van der Waals surface area contributed by atoms with Crippen molar-refractivity contribution in [2.45, 2.75) is 44.5 Å². The van der Waals surface area contributed by atoms with Crippen LogP contribution >= 0.6 is 27.7 Å². The van der Waals surface area contributed by atoms with Crippen LogP contribution in [0.5, 0.6) is 5.75 Å². The minimum atomic E-state index is -1.10. The van der Waals surface area contributed by atoms with Crippen LogP contribution in [0.15, 0.2) is 22.7 Å². The Morgan fingerprint density at radius 2 is 1.63 bits per heavy atom. The summed E-state index contributed by atoms with van der Waals surface area (Å²) in [6.45, 7) is 3.58. The number of esters is 3. The molecule has 0 spiro atoms. The highest BCUT2D eigenvalue weighted by Crippen LogP contribution is 2.35. The summed E-state index contributed by atoms with van der Waals surface area (Å²) in [7, 11) is 0. The minimum absolute atomic E-state index is 0.0634. The molecule has 1 aliphatic rings. The van der Waals surface area contributed by atoms with Crippen molar-refractivity contribution in [3.05, 3.63) is 28.5 Å². The molecule has 0 aromatic heterocycles. The van der Waals surface area contributed by atoms with Crippen molar-refractivity contribution >= 4 is 45.6 Å². The van der Waals surface area contributed by atoms with E-state index in [0.29, 0.717) is 4.47 Å². The lowest BCUT2D eigenvalue weighted by Crippen LogP contribution is -2.55. The summed E-state index contributed by atoms with van der Waals surface area (Å²) in [5.41, 5.74) is -0.881. The molecule has 27 heavy (non-hydrogen) atoms. The molecule has 1 aromatic carbocycles. The summed E-state index contributed by atoms with van der Waals surface area (Å²) in [5.74, 6) is -2.33. The third-order valence-electron chi connectivity index (χ3n) is 3.44. The van der Waals surface area contributed by atoms with Crippen molar-refractivity contribution in [2.24, 2.45) is 0 Å². The van der Waals surface area contributed by atoms with Crippen LogP contribution in [0.1, 0.15) is 20.8 Å². The standard InChI is InChI=1S/C17H18BrFO7S/c1-8(20)23-14-7-27-17(26-13-6-11(18)4-5-12(13)19)16(25-10(3)22)15(14)24-9(2)21/h4-6,14-17H,7H2,1-3H3/t14-,15+,16-,17+/m1/s1. The van der Waals surface area contributed by atoms with E-state index in [9.17, 15) is 18.8 Å². The number of ether oxygens (including phenoxy) is 4. The molecular formula is C17H18BrFO7S. The molecule has 1 aromatic rings. The van der Waals surface area contributed by atoms with Gasteiger partial charge in [0.25, 0.3) is 0 Å². The van der Waals surface area contributed by atoms with Gasteiger partial charge in [-0.2, -0.15) is 0 Å². The van der Waals surface area contributed by atoms with Gasteiger partial charge in [0, 0.05) is 31.0 Å². The summed E-state index contributed by atoms with van der Waals surface area (Å²) in [6.07, 6.45) is -3.03. The average molecular weight is 465 g/mol. The number of thioether (sulfide) groups is 1. The minimum Gasteiger partial charge on any atom is -0.473 e. The third-order valence-corrected chi connectivity index (χ3v) is 5.15. The number of carbonyl (C=O) groups is 3. The normalized spacial score (nSPS) is 24.6. The summed E-state index contributed by atoms with van der Waals surface area (Å²) in [4.78, 5) is 34.5. The molecule has 0 aliphatic carbocycles. The van der Waals surface area contributed by atoms with Gasteiger partial charge in [0.2, 0.25) is 0 Å². The Bertz CT molecular complexity index is 729. The fraction of sp³-hybridized carbons (Fsp3) is 0.471. The van der Waals surface area contributed by atoms with Crippen molar-refractivity contribution in [1.82, 2.24) is 0 Å². The molecule has 0 bridgehead atoms. The number of halogens is 2. The topological polar surface area (TPSA) is 88.1 Å². The van der Waals surface area contributed by atoms with E-state index >= 15 is 0 Å². The van der Waals surface area contributed by atoms with Gasteiger partial charge in [0.15, 0.2) is 35.3 Å². The second kappa shape index (κ2) is 9.41. The van der Waals surface area contributed by atoms with Crippen molar-refractivity contribution in [1.29, 1.82) is 0 Å². The van der Waals surface area contributed by atoms with Crippen LogP contribution in [0.3, 0.4) is 0 Å². The Morgan fingerprint density at radius 1 is 1.04 bits per heavy atom. The largest absolute Gasteiger partial charge is 0.473 e. The van der Waals surface area contributed by atoms with Crippen LogP contribution in [-0.4, -0.2) is 47.4 Å². The molecule has 2 rings (SSSR count). The van der Waals surface area contributed by atoms with Crippen molar-refractivity contribution < 1.29 is 37.7 Å². The molecular weight excluding hydrogens is 447 g/mol. The summed E-state index contributed by atoms with van der Waals surface area (Å²) in [5, 5.41) is 0. The van der Waals surface area contributed by atoms with Crippen LogP contribution in [0.25, 0.3) is 0 Å². The lowest BCUT2D eigenvalue weighted by molar-refractivity contribution is -0.186. The number of benzene rings is 1. The Kier molecular flexibility index (Phi) is 7.49. The Hall–Kier alpha value is -1.81. The molecule has 1 saturated heterocycles. The van der Waals surface area contributed by atoms with Gasteiger partial charge in [-0.05, 0) is 18.2 Å². The van der Waals surface area contributed by atoms with Gasteiger partial charge >= 0.3 is 17.9 Å². The first-order valence-electron chi connectivity index (χ1n) is 7.92. The molecule has 7 nitrogen and oxygen atoms in total. The summed E-state index contributed by atoms with van der Waals surface area (Å²) < 4.78 is 36.1. The van der Waals surface area contributed by atoms with E-state index in [4.69, 9.17) is 18.9 Å². The Balaban J connectivity index is 2.32. The van der Waals surface area contributed by atoms with Crippen molar-refractivity contribution in [3.63, 3.8) is 0 Å². The van der Waals surface area contributed by atoms with Crippen molar-refractivity contribution in [3.8, 4) is 5.75 Å². The zero-order valence-corrected chi connectivity index (χ0v) is 17.2. The van der Waals surface area contributed by atoms with Crippen LogP contribution in [-0.2, 0) is 28.6 Å². The number of hydrogen-bond donors (Lipinski definition) is 0. The second-order valence-electron chi connectivity index (χ2n) is 5.69. The maximum Gasteiger partial charge on any atom is 0.303 e. The van der Waals surface area contributed by atoms with Crippen molar-refractivity contribution in [2.75, 3.05) is 5.75 Å². The maximum atomic E-state index is 14.1. The zero-order valence-electron chi connectivity index (χ0n) is 14.8. The molecule has 0 unspecified atom stereocenters. The van der Waals surface area contributed by atoms with E-state index in [1.165, 1.54) is 39.0 Å². The first-order valence-corrected chi connectivity index (χ1v) is 9.76. The van der Waals surface area contributed by atoms with E-state index in [1.807, 2.05) is 0 Å². The molecule has 1 fully saturated rings. The van der Waals surface area contributed by atoms with E-state index in [0.717, 1.165) is 11.8 Å². The molecule has 1 heterocycles. The van der Waals surface area contributed by atoms with Gasteiger partial charge in [0.1, 0.15) is 0 Å². The molecule has 0 N–H and O–H groups in total. The predicted molar refractivity (Wildman–Crippen MR) is 97.6 cm³/mol. The molecule has 1 aliphatic heterocycles. The quantitative estimate of drug-likeness (QED) is 0.485. The van der Waals surface area contributed by atoms with Gasteiger partial charge in [-0.25, -0.2) is 4.39 Å².